The molecule has 5 atom stereocenters. The number of nitrogens with zero attached hydrogens (tertiary/aromatic N) is 2. The SMILES string of the molecule is CCC(C)C(NC(=O)C(N)CS)C(=O)NC(Cc1cnc[nH]1)C(=O)NC(CCCN=C(N)N)C(=O)O. The fourth-order valence-electron chi connectivity index (χ4n) is 3.17. The number of carbonyl (C=O) groups excluding carboxylic acids is 3. The number of amides is 3. The average molecular weight is 528 g/mol. The van der Waals surface area contributed by atoms with Crippen LogP contribution in [0.1, 0.15) is 38.8 Å². The van der Waals surface area contributed by atoms with E-state index in [1.165, 1.54) is 12.5 Å². The molecule has 0 saturated carbocycles. The average Bonchev–Trinajstić information content (AvgIpc) is 3.35. The third kappa shape index (κ3) is 10.5. The van der Waals surface area contributed by atoms with Gasteiger partial charge in [0.2, 0.25) is 17.7 Å². The highest BCUT2D eigenvalue weighted by molar-refractivity contribution is 7.80. The molecule has 0 spiro atoms. The Balaban J connectivity index is 3.04. The minimum atomic E-state index is -1.25. The van der Waals surface area contributed by atoms with Crippen molar-refractivity contribution >= 4 is 42.3 Å². The topological polar surface area (TPSA) is 244 Å². The van der Waals surface area contributed by atoms with E-state index in [4.69, 9.17) is 17.2 Å². The van der Waals surface area contributed by atoms with E-state index in [-0.39, 0.29) is 37.0 Å². The van der Waals surface area contributed by atoms with Crippen molar-refractivity contribution in [2.75, 3.05) is 12.3 Å². The molecule has 36 heavy (non-hydrogen) atoms. The summed E-state index contributed by atoms with van der Waals surface area (Å²) in [5, 5.41) is 17.3. The fraction of sp³-hybridized carbons (Fsp3) is 0.619. The Morgan fingerprint density at radius 3 is 2.33 bits per heavy atom. The molecular formula is C21H37N9O5S. The second-order valence-corrected chi connectivity index (χ2v) is 8.72. The van der Waals surface area contributed by atoms with Crippen molar-refractivity contribution < 1.29 is 24.3 Å². The zero-order valence-electron chi connectivity index (χ0n) is 20.4. The molecule has 1 rings (SSSR count). The molecule has 3 amide bonds. The van der Waals surface area contributed by atoms with Crippen molar-refractivity contribution in [1.29, 1.82) is 0 Å². The monoisotopic (exact) mass is 527 g/mol. The summed E-state index contributed by atoms with van der Waals surface area (Å²) in [6.07, 6.45) is 3.83. The van der Waals surface area contributed by atoms with E-state index in [2.05, 4.69) is 43.5 Å². The summed E-state index contributed by atoms with van der Waals surface area (Å²) >= 11 is 4.01. The van der Waals surface area contributed by atoms with Crippen LogP contribution in [0, 0.1) is 5.92 Å². The maximum atomic E-state index is 13.2. The predicted molar refractivity (Wildman–Crippen MR) is 137 cm³/mol. The molecule has 15 heteroatoms. The zero-order chi connectivity index (χ0) is 27.3. The molecule has 1 aromatic rings. The molecule has 0 bridgehead atoms. The normalized spacial score (nSPS) is 15.0. The maximum Gasteiger partial charge on any atom is 0.326 e. The summed E-state index contributed by atoms with van der Waals surface area (Å²) in [6, 6.07) is -4.27. The van der Waals surface area contributed by atoms with Gasteiger partial charge >= 0.3 is 5.97 Å². The van der Waals surface area contributed by atoms with Gasteiger partial charge in [-0.15, -0.1) is 0 Å². The van der Waals surface area contributed by atoms with Crippen molar-refractivity contribution in [3.63, 3.8) is 0 Å². The van der Waals surface area contributed by atoms with Crippen LogP contribution in [-0.2, 0) is 25.6 Å². The highest BCUT2D eigenvalue weighted by Gasteiger charge is 2.32. The number of carboxylic acids is 1. The van der Waals surface area contributed by atoms with Crippen LogP contribution in [0.25, 0.3) is 0 Å². The van der Waals surface area contributed by atoms with Crippen LogP contribution in [0.2, 0.25) is 0 Å². The number of H-pyrrole nitrogens is 1. The van der Waals surface area contributed by atoms with Crippen molar-refractivity contribution in [3.8, 4) is 0 Å². The number of aliphatic carboxylic acids is 1. The standard InChI is InChI=1S/C21H37N9O5S/c1-3-11(2)16(30-17(31)13(22)9-36)19(33)29-15(7-12-8-25-10-27-12)18(32)28-14(20(34)35)5-4-6-26-21(23)24/h8,10-11,13-16,36H,3-7,9,22H2,1-2H3,(H,25,27)(H,28,32)(H,29,33)(H,30,31)(H,34,35)(H4,23,24,26). The first-order valence-corrected chi connectivity index (χ1v) is 12.2. The number of imidazole rings is 1. The number of aromatic amines is 1. The highest BCUT2D eigenvalue weighted by atomic mass is 32.1. The number of nitrogens with two attached hydrogens (primary N) is 3. The Morgan fingerprint density at radius 2 is 1.81 bits per heavy atom. The van der Waals surface area contributed by atoms with E-state index in [1.54, 1.807) is 6.92 Å². The van der Waals surface area contributed by atoms with Gasteiger partial charge in [0, 0.05) is 30.6 Å². The van der Waals surface area contributed by atoms with Gasteiger partial charge < -0.3 is 43.2 Å². The van der Waals surface area contributed by atoms with Gasteiger partial charge in [0.05, 0.1) is 12.4 Å². The quantitative estimate of drug-likeness (QED) is 0.0491. The van der Waals surface area contributed by atoms with Gasteiger partial charge in [-0.25, -0.2) is 9.78 Å². The lowest BCUT2D eigenvalue weighted by molar-refractivity contribution is -0.142. The molecule has 0 aliphatic rings. The molecule has 1 aromatic heterocycles. The Labute approximate surface area is 215 Å². The summed E-state index contributed by atoms with van der Waals surface area (Å²) in [7, 11) is 0. The molecule has 0 aromatic carbocycles. The summed E-state index contributed by atoms with van der Waals surface area (Å²) in [6.45, 7) is 3.82. The van der Waals surface area contributed by atoms with E-state index in [9.17, 15) is 24.3 Å². The van der Waals surface area contributed by atoms with Gasteiger partial charge in [-0.05, 0) is 18.8 Å². The van der Waals surface area contributed by atoms with Crippen molar-refractivity contribution in [3.05, 3.63) is 18.2 Å². The minimum Gasteiger partial charge on any atom is -0.480 e. The first kappa shape index (κ1) is 30.7. The molecule has 5 unspecified atom stereocenters. The van der Waals surface area contributed by atoms with Gasteiger partial charge in [-0.2, -0.15) is 12.6 Å². The number of thiol groups is 1. The first-order valence-electron chi connectivity index (χ1n) is 11.5. The van der Waals surface area contributed by atoms with E-state index >= 15 is 0 Å². The van der Waals surface area contributed by atoms with Gasteiger partial charge in [-0.3, -0.25) is 19.4 Å². The maximum absolute atomic E-state index is 13.2. The van der Waals surface area contributed by atoms with Crippen LogP contribution in [-0.4, -0.2) is 81.2 Å². The van der Waals surface area contributed by atoms with Crippen molar-refractivity contribution in [2.45, 2.75) is 63.7 Å². The van der Waals surface area contributed by atoms with E-state index in [0.717, 1.165) is 0 Å². The lowest BCUT2D eigenvalue weighted by atomic mass is 9.97. The Morgan fingerprint density at radius 1 is 1.14 bits per heavy atom. The first-order chi connectivity index (χ1) is 17.0. The molecule has 0 fully saturated rings. The Hall–Kier alpha value is -3.33. The summed E-state index contributed by atoms with van der Waals surface area (Å²) in [5.41, 5.74) is 16.8. The third-order valence-electron chi connectivity index (χ3n) is 5.50. The predicted octanol–water partition coefficient (Wildman–Crippen LogP) is -2.15. The fourth-order valence-corrected chi connectivity index (χ4v) is 3.33. The van der Waals surface area contributed by atoms with Crippen LogP contribution in [0.15, 0.2) is 17.5 Å². The smallest absolute Gasteiger partial charge is 0.326 e. The summed E-state index contributed by atoms with van der Waals surface area (Å²) in [4.78, 5) is 60.9. The zero-order valence-corrected chi connectivity index (χ0v) is 21.3. The Bertz CT molecular complexity index is 892. The van der Waals surface area contributed by atoms with E-state index in [0.29, 0.717) is 18.5 Å². The number of rotatable bonds is 16. The third-order valence-corrected chi connectivity index (χ3v) is 5.89. The van der Waals surface area contributed by atoms with Gasteiger partial charge in [0.1, 0.15) is 18.1 Å². The molecule has 0 aliphatic heterocycles. The molecule has 202 valence electrons. The molecule has 11 N–H and O–H groups in total. The van der Waals surface area contributed by atoms with Crippen molar-refractivity contribution in [2.24, 2.45) is 28.1 Å². The van der Waals surface area contributed by atoms with E-state index in [1.807, 2.05) is 6.92 Å². The summed E-state index contributed by atoms with van der Waals surface area (Å²) in [5.74, 6) is -3.43. The molecule has 0 aliphatic carbocycles. The molecule has 14 nitrogen and oxygen atoms in total. The van der Waals surface area contributed by atoms with Gasteiger partial charge in [0.25, 0.3) is 0 Å². The molecule has 0 saturated heterocycles. The minimum absolute atomic E-state index is 0.00917. The number of hydrogen-bond donors (Lipinski definition) is 9. The van der Waals surface area contributed by atoms with Crippen LogP contribution in [0.5, 0.6) is 0 Å². The molecule has 0 radical (unpaired) electrons. The summed E-state index contributed by atoms with van der Waals surface area (Å²) < 4.78 is 0. The lowest BCUT2D eigenvalue weighted by Gasteiger charge is -2.27. The second-order valence-electron chi connectivity index (χ2n) is 8.35. The van der Waals surface area contributed by atoms with Gasteiger partial charge in [-0.1, -0.05) is 20.3 Å². The van der Waals surface area contributed by atoms with Crippen LogP contribution < -0.4 is 33.2 Å². The van der Waals surface area contributed by atoms with Crippen LogP contribution in [0.3, 0.4) is 0 Å². The number of hydrogen-bond acceptors (Lipinski definition) is 8. The number of carbonyl (C=O) groups is 4. The lowest BCUT2D eigenvalue weighted by Crippen LogP contribution is -2.59. The van der Waals surface area contributed by atoms with E-state index < -0.39 is 47.9 Å². The molecular weight excluding hydrogens is 490 g/mol. The number of aromatic nitrogens is 2. The number of guanidine groups is 1. The highest BCUT2D eigenvalue weighted by Crippen LogP contribution is 2.10. The molecule has 1 heterocycles. The number of aliphatic imine (C=N–C) groups is 1. The number of carboxylic acid groups (broad SMARTS) is 1. The largest absolute Gasteiger partial charge is 0.480 e. The van der Waals surface area contributed by atoms with Crippen LogP contribution in [0.4, 0.5) is 0 Å². The van der Waals surface area contributed by atoms with Crippen molar-refractivity contribution in [1.82, 2.24) is 25.9 Å². The number of nitrogens with one attached hydrogen (secondary N) is 4. The second kappa shape index (κ2) is 15.6. The van der Waals surface area contributed by atoms with Gasteiger partial charge in [0.15, 0.2) is 5.96 Å². The Kier molecular flexibility index (Phi) is 13.3. The van der Waals surface area contributed by atoms with Crippen LogP contribution >= 0.6 is 12.6 Å².